The molecule has 0 aliphatic heterocycles. The van der Waals surface area contributed by atoms with Crippen molar-refractivity contribution in [3.63, 3.8) is 0 Å². The lowest BCUT2D eigenvalue weighted by Gasteiger charge is -2.12. The molecule has 0 atom stereocenters. The Morgan fingerprint density at radius 1 is 1.05 bits per heavy atom. The smallest absolute Gasteiger partial charge is 0.335 e. The van der Waals surface area contributed by atoms with Gasteiger partial charge in [0.05, 0.1) is 12.7 Å². The Kier molecular flexibility index (Phi) is 5.25. The van der Waals surface area contributed by atoms with Gasteiger partial charge in [-0.2, -0.15) is 0 Å². The molecule has 2 rings (SSSR count). The van der Waals surface area contributed by atoms with Crippen LogP contribution in [0.15, 0.2) is 42.5 Å². The van der Waals surface area contributed by atoms with Gasteiger partial charge in [-0.1, -0.05) is 12.1 Å². The Morgan fingerprint density at radius 3 is 2.50 bits per heavy atom. The molecule has 0 unspecified atom stereocenters. The molecule has 1 N–H and O–H groups in total. The number of hydrogen-bond acceptors (Lipinski definition) is 4. The van der Waals surface area contributed by atoms with Gasteiger partial charge in [0.2, 0.25) is 0 Å². The molecule has 2 aromatic rings. The number of ether oxygens (including phenoxy) is 3. The maximum atomic E-state index is 10.9. The van der Waals surface area contributed by atoms with Crippen molar-refractivity contribution in [2.75, 3.05) is 20.3 Å². The molecule has 0 bridgehead atoms. The van der Waals surface area contributed by atoms with E-state index in [9.17, 15) is 4.79 Å². The molecule has 5 heteroatoms. The fourth-order valence-corrected chi connectivity index (χ4v) is 1.94. The quantitative estimate of drug-likeness (QED) is 0.796. The summed E-state index contributed by atoms with van der Waals surface area (Å²) in [6.45, 7) is 2.71. The van der Waals surface area contributed by atoms with Crippen LogP contribution in [0.4, 0.5) is 0 Å². The number of carboxylic acid groups (broad SMARTS) is 1. The van der Waals surface area contributed by atoms with Crippen molar-refractivity contribution in [1.29, 1.82) is 0 Å². The maximum absolute atomic E-state index is 10.9. The van der Waals surface area contributed by atoms with Crippen molar-refractivity contribution < 1.29 is 24.1 Å². The first kappa shape index (κ1) is 15.7. The molecule has 0 saturated carbocycles. The van der Waals surface area contributed by atoms with Crippen LogP contribution in [0.2, 0.25) is 0 Å². The van der Waals surface area contributed by atoms with Crippen LogP contribution in [0, 0.1) is 6.92 Å². The molecule has 0 radical (unpaired) electrons. The number of carbonyl (C=O) groups is 1. The van der Waals surface area contributed by atoms with E-state index in [1.807, 2.05) is 31.2 Å². The van der Waals surface area contributed by atoms with E-state index >= 15 is 0 Å². The average molecular weight is 302 g/mol. The predicted molar refractivity (Wildman–Crippen MR) is 82.1 cm³/mol. The largest absolute Gasteiger partial charge is 0.493 e. The second kappa shape index (κ2) is 7.36. The van der Waals surface area contributed by atoms with Crippen LogP contribution < -0.4 is 14.2 Å². The number of aromatic carboxylic acids is 1. The van der Waals surface area contributed by atoms with Crippen molar-refractivity contribution >= 4 is 5.97 Å². The minimum absolute atomic E-state index is 0.153. The van der Waals surface area contributed by atoms with Gasteiger partial charge in [-0.05, 0) is 42.8 Å². The summed E-state index contributed by atoms with van der Waals surface area (Å²) in [4.78, 5) is 10.9. The zero-order valence-corrected chi connectivity index (χ0v) is 12.5. The molecule has 5 nitrogen and oxygen atoms in total. The van der Waals surface area contributed by atoms with E-state index < -0.39 is 5.97 Å². The molecular formula is C17H18O5. The molecule has 2 aromatic carbocycles. The Labute approximate surface area is 129 Å². The van der Waals surface area contributed by atoms with Gasteiger partial charge in [-0.3, -0.25) is 0 Å². The van der Waals surface area contributed by atoms with Crippen LogP contribution in [0.5, 0.6) is 17.2 Å². The lowest BCUT2D eigenvalue weighted by Crippen LogP contribution is -2.10. The Balaban J connectivity index is 1.90. The summed E-state index contributed by atoms with van der Waals surface area (Å²) in [5, 5.41) is 8.94. The Bertz CT molecular complexity index is 651. The van der Waals surface area contributed by atoms with Crippen LogP contribution >= 0.6 is 0 Å². The number of methoxy groups -OCH3 is 1. The fourth-order valence-electron chi connectivity index (χ4n) is 1.94. The molecule has 0 saturated heterocycles. The SMILES string of the molecule is COc1cc(C(=O)O)ccc1OCCOc1cccc(C)c1. The number of aryl methyl sites for hydroxylation is 1. The summed E-state index contributed by atoms with van der Waals surface area (Å²) < 4.78 is 16.3. The highest BCUT2D eigenvalue weighted by atomic mass is 16.5. The minimum Gasteiger partial charge on any atom is -0.493 e. The van der Waals surface area contributed by atoms with Gasteiger partial charge in [0, 0.05) is 0 Å². The maximum Gasteiger partial charge on any atom is 0.335 e. The number of rotatable bonds is 7. The molecule has 0 amide bonds. The van der Waals surface area contributed by atoms with E-state index in [0.717, 1.165) is 11.3 Å². The van der Waals surface area contributed by atoms with Crippen LogP contribution in [0.3, 0.4) is 0 Å². The topological polar surface area (TPSA) is 65.0 Å². The first-order chi connectivity index (χ1) is 10.6. The van der Waals surface area contributed by atoms with E-state index in [-0.39, 0.29) is 5.56 Å². The van der Waals surface area contributed by atoms with Gasteiger partial charge in [0.1, 0.15) is 19.0 Å². The number of hydrogen-bond donors (Lipinski definition) is 1. The van der Waals surface area contributed by atoms with Crippen molar-refractivity contribution in [2.24, 2.45) is 0 Å². The first-order valence-corrected chi connectivity index (χ1v) is 6.84. The van der Waals surface area contributed by atoms with Gasteiger partial charge >= 0.3 is 5.97 Å². The number of carboxylic acids is 1. The lowest BCUT2D eigenvalue weighted by atomic mass is 10.2. The molecule has 0 spiro atoms. The summed E-state index contributed by atoms with van der Waals surface area (Å²) in [6.07, 6.45) is 0. The zero-order chi connectivity index (χ0) is 15.9. The van der Waals surface area contributed by atoms with Gasteiger partial charge in [0.15, 0.2) is 11.5 Å². The highest BCUT2D eigenvalue weighted by molar-refractivity contribution is 5.88. The Morgan fingerprint density at radius 2 is 1.82 bits per heavy atom. The lowest BCUT2D eigenvalue weighted by molar-refractivity contribution is 0.0696. The predicted octanol–water partition coefficient (Wildman–Crippen LogP) is 3.16. The van der Waals surface area contributed by atoms with E-state index in [2.05, 4.69) is 0 Å². The van der Waals surface area contributed by atoms with Crippen LogP contribution in [-0.2, 0) is 0 Å². The first-order valence-electron chi connectivity index (χ1n) is 6.84. The summed E-state index contributed by atoms with van der Waals surface area (Å²) in [5.74, 6) is 0.653. The molecular weight excluding hydrogens is 284 g/mol. The van der Waals surface area contributed by atoms with Crippen LogP contribution in [-0.4, -0.2) is 31.4 Å². The summed E-state index contributed by atoms with van der Waals surface area (Å²) >= 11 is 0. The molecule has 22 heavy (non-hydrogen) atoms. The van der Waals surface area contributed by atoms with E-state index in [1.54, 1.807) is 6.07 Å². The van der Waals surface area contributed by atoms with Gasteiger partial charge in [-0.15, -0.1) is 0 Å². The normalized spacial score (nSPS) is 10.1. The Hall–Kier alpha value is -2.69. The van der Waals surface area contributed by atoms with E-state index in [4.69, 9.17) is 19.3 Å². The second-order valence-corrected chi connectivity index (χ2v) is 4.68. The van der Waals surface area contributed by atoms with Crippen LogP contribution in [0.25, 0.3) is 0 Å². The molecule has 0 heterocycles. The minimum atomic E-state index is -1.01. The third-order valence-corrected chi connectivity index (χ3v) is 3.01. The third kappa shape index (κ3) is 4.15. The fraction of sp³-hybridized carbons (Fsp3) is 0.235. The average Bonchev–Trinajstić information content (AvgIpc) is 2.51. The van der Waals surface area contributed by atoms with Crippen molar-refractivity contribution in [3.8, 4) is 17.2 Å². The van der Waals surface area contributed by atoms with Crippen molar-refractivity contribution in [1.82, 2.24) is 0 Å². The molecule has 116 valence electrons. The van der Waals surface area contributed by atoms with Crippen LogP contribution in [0.1, 0.15) is 15.9 Å². The zero-order valence-electron chi connectivity index (χ0n) is 12.5. The molecule has 0 aliphatic carbocycles. The highest BCUT2D eigenvalue weighted by Gasteiger charge is 2.09. The van der Waals surface area contributed by atoms with Gasteiger partial charge in [-0.25, -0.2) is 4.79 Å². The summed E-state index contributed by atoms with van der Waals surface area (Å²) in [5.41, 5.74) is 1.28. The van der Waals surface area contributed by atoms with Crippen molar-refractivity contribution in [3.05, 3.63) is 53.6 Å². The molecule has 0 aliphatic rings. The summed E-state index contributed by atoms with van der Waals surface area (Å²) in [6, 6.07) is 12.2. The van der Waals surface area contributed by atoms with Gasteiger partial charge < -0.3 is 19.3 Å². The van der Waals surface area contributed by atoms with E-state index in [1.165, 1.54) is 19.2 Å². The summed E-state index contributed by atoms with van der Waals surface area (Å²) in [7, 11) is 1.47. The highest BCUT2D eigenvalue weighted by Crippen LogP contribution is 2.28. The van der Waals surface area contributed by atoms with Gasteiger partial charge in [0.25, 0.3) is 0 Å². The molecule has 0 aromatic heterocycles. The standard InChI is InChI=1S/C17H18O5/c1-12-4-3-5-14(10-12)21-8-9-22-15-7-6-13(17(18)19)11-16(15)20-2/h3-7,10-11H,8-9H2,1-2H3,(H,18,19). The molecule has 0 fully saturated rings. The second-order valence-electron chi connectivity index (χ2n) is 4.68. The monoisotopic (exact) mass is 302 g/mol. The van der Waals surface area contributed by atoms with Crippen molar-refractivity contribution in [2.45, 2.75) is 6.92 Å². The third-order valence-electron chi connectivity index (χ3n) is 3.01. The number of benzene rings is 2. The van der Waals surface area contributed by atoms with E-state index in [0.29, 0.717) is 24.7 Å².